The highest BCUT2D eigenvalue weighted by Gasteiger charge is 2.37. The summed E-state index contributed by atoms with van der Waals surface area (Å²) in [7, 11) is 0. The number of benzene rings is 3. The summed E-state index contributed by atoms with van der Waals surface area (Å²) >= 11 is 0. The third-order valence-electron chi connectivity index (χ3n) is 6.57. The van der Waals surface area contributed by atoms with E-state index in [4.69, 9.17) is 14.2 Å². The number of hydrogen-bond donors (Lipinski definition) is 1. The van der Waals surface area contributed by atoms with Crippen molar-refractivity contribution in [3.63, 3.8) is 0 Å². The lowest BCUT2D eigenvalue weighted by atomic mass is 10.1. The summed E-state index contributed by atoms with van der Waals surface area (Å²) in [6, 6.07) is 17.4. The second-order valence-corrected chi connectivity index (χ2v) is 9.27. The normalized spacial score (nSPS) is 16.6. The molecule has 3 aromatic rings. The van der Waals surface area contributed by atoms with Crippen LogP contribution in [0.15, 0.2) is 60.7 Å². The number of nitrogens with zero attached hydrogens (tertiary/aromatic N) is 1. The predicted octanol–water partition coefficient (Wildman–Crippen LogP) is 4.89. The number of carbonyl (C=O) groups is 3. The molecule has 8 nitrogen and oxygen atoms in total. The van der Waals surface area contributed by atoms with Gasteiger partial charge in [0.05, 0.1) is 23.8 Å². The maximum Gasteiger partial charge on any atom is 0.262 e. The average molecular weight is 501 g/mol. The van der Waals surface area contributed by atoms with Crippen molar-refractivity contribution >= 4 is 23.4 Å². The fourth-order valence-corrected chi connectivity index (χ4v) is 4.38. The van der Waals surface area contributed by atoms with E-state index >= 15 is 0 Å². The first-order chi connectivity index (χ1) is 17.9. The van der Waals surface area contributed by atoms with Gasteiger partial charge >= 0.3 is 0 Å². The molecular formula is C29H28N2O6. The Labute approximate surface area is 215 Å². The summed E-state index contributed by atoms with van der Waals surface area (Å²) < 4.78 is 17.1. The molecule has 37 heavy (non-hydrogen) atoms. The van der Waals surface area contributed by atoms with Gasteiger partial charge in [0.25, 0.3) is 17.7 Å². The van der Waals surface area contributed by atoms with Crippen LogP contribution < -0.4 is 14.8 Å². The van der Waals surface area contributed by atoms with Crippen molar-refractivity contribution < 1.29 is 28.6 Å². The Morgan fingerprint density at radius 3 is 2.38 bits per heavy atom. The number of carbonyl (C=O) groups excluding carboxylic acids is 3. The number of hydrogen-bond acceptors (Lipinski definition) is 6. The molecule has 2 aliphatic heterocycles. The van der Waals surface area contributed by atoms with E-state index in [-0.39, 0.29) is 37.0 Å². The van der Waals surface area contributed by atoms with Gasteiger partial charge in [0.2, 0.25) is 0 Å². The molecule has 2 heterocycles. The van der Waals surface area contributed by atoms with Crippen LogP contribution >= 0.6 is 0 Å². The molecular weight excluding hydrogens is 472 g/mol. The second kappa shape index (κ2) is 10.4. The van der Waals surface area contributed by atoms with Crippen LogP contribution in [0.4, 0.5) is 5.69 Å². The first kappa shape index (κ1) is 24.5. The van der Waals surface area contributed by atoms with Crippen LogP contribution in [0, 0.1) is 13.8 Å². The van der Waals surface area contributed by atoms with Crippen LogP contribution in [0.1, 0.15) is 44.7 Å². The van der Waals surface area contributed by atoms with Crippen molar-refractivity contribution in [1.29, 1.82) is 0 Å². The van der Waals surface area contributed by atoms with Gasteiger partial charge in [-0.2, -0.15) is 0 Å². The summed E-state index contributed by atoms with van der Waals surface area (Å²) in [5.74, 6) is 0.702. The SMILES string of the molecule is Cc1ccc(OCC(=O)Nc2ccc(Oc3ccc4c(c3)C(=O)N(CC3CCCO3)C4=O)cc2)cc1C. The fraction of sp³-hybridized carbons (Fsp3) is 0.276. The monoisotopic (exact) mass is 500 g/mol. The molecule has 190 valence electrons. The Kier molecular flexibility index (Phi) is 6.92. The van der Waals surface area contributed by atoms with E-state index in [0.717, 1.165) is 24.0 Å². The minimum Gasteiger partial charge on any atom is -0.484 e. The summed E-state index contributed by atoms with van der Waals surface area (Å²) in [6.45, 7) is 4.84. The van der Waals surface area contributed by atoms with Crippen molar-refractivity contribution in [2.24, 2.45) is 0 Å². The topological polar surface area (TPSA) is 94.2 Å². The van der Waals surface area contributed by atoms with Gasteiger partial charge in [-0.25, -0.2) is 0 Å². The quantitative estimate of drug-likeness (QED) is 0.443. The van der Waals surface area contributed by atoms with E-state index < -0.39 is 0 Å². The van der Waals surface area contributed by atoms with Gasteiger partial charge in [0.1, 0.15) is 17.2 Å². The number of aryl methyl sites for hydroxylation is 2. The van der Waals surface area contributed by atoms with Crippen molar-refractivity contribution in [2.75, 3.05) is 25.1 Å². The summed E-state index contributed by atoms with van der Waals surface area (Å²) in [5.41, 5.74) is 3.56. The molecule has 0 saturated carbocycles. The summed E-state index contributed by atoms with van der Waals surface area (Å²) in [4.78, 5) is 39.1. The molecule has 3 amide bonds. The number of amides is 3. The van der Waals surface area contributed by atoms with Gasteiger partial charge in [-0.15, -0.1) is 0 Å². The molecule has 1 N–H and O–H groups in total. The first-order valence-electron chi connectivity index (χ1n) is 12.3. The molecule has 0 spiro atoms. The summed E-state index contributed by atoms with van der Waals surface area (Å²) in [6.07, 6.45) is 1.68. The standard InChI is InChI=1S/C29H28N2O6/c1-18-5-8-22(14-19(18)2)36-17-27(32)30-20-6-9-21(10-7-20)37-23-11-12-25-26(15-23)29(34)31(28(25)33)16-24-4-3-13-35-24/h5-12,14-15,24H,3-4,13,16-17H2,1-2H3,(H,30,32). The molecule has 0 radical (unpaired) electrons. The minimum atomic E-state index is -0.331. The molecule has 0 bridgehead atoms. The van der Waals surface area contributed by atoms with E-state index in [1.54, 1.807) is 42.5 Å². The Hall–Kier alpha value is -4.17. The molecule has 1 atom stereocenters. The molecule has 0 aliphatic carbocycles. The van der Waals surface area contributed by atoms with Crippen molar-refractivity contribution in [3.8, 4) is 17.2 Å². The average Bonchev–Trinajstić information content (AvgIpc) is 3.49. The highest BCUT2D eigenvalue weighted by molar-refractivity contribution is 6.21. The van der Waals surface area contributed by atoms with E-state index in [2.05, 4.69) is 5.32 Å². The molecule has 1 saturated heterocycles. The third-order valence-corrected chi connectivity index (χ3v) is 6.57. The number of imide groups is 1. The van der Waals surface area contributed by atoms with Crippen molar-refractivity contribution in [1.82, 2.24) is 4.90 Å². The number of fused-ring (bicyclic) bond motifs is 1. The smallest absolute Gasteiger partial charge is 0.262 e. The molecule has 8 heteroatoms. The molecule has 1 fully saturated rings. The van der Waals surface area contributed by atoms with E-state index in [1.165, 1.54) is 4.90 Å². The highest BCUT2D eigenvalue weighted by atomic mass is 16.5. The summed E-state index contributed by atoms with van der Waals surface area (Å²) in [5, 5.41) is 2.79. The Bertz CT molecular complexity index is 1350. The molecule has 2 aliphatic rings. The van der Waals surface area contributed by atoms with Gasteiger partial charge < -0.3 is 19.5 Å². The van der Waals surface area contributed by atoms with E-state index in [9.17, 15) is 14.4 Å². The zero-order chi connectivity index (χ0) is 25.9. The molecule has 3 aromatic carbocycles. The molecule has 0 aromatic heterocycles. The maximum absolute atomic E-state index is 12.9. The van der Waals surface area contributed by atoms with Gasteiger partial charge in [-0.1, -0.05) is 6.07 Å². The van der Waals surface area contributed by atoms with Crippen LogP contribution in [-0.4, -0.2) is 48.5 Å². The number of ether oxygens (including phenoxy) is 3. The number of nitrogens with one attached hydrogen (secondary N) is 1. The fourth-order valence-electron chi connectivity index (χ4n) is 4.38. The van der Waals surface area contributed by atoms with E-state index in [0.29, 0.717) is 40.7 Å². The highest BCUT2D eigenvalue weighted by Crippen LogP contribution is 2.31. The lowest BCUT2D eigenvalue weighted by Crippen LogP contribution is -2.36. The van der Waals surface area contributed by atoms with Crippen LogP contribution in [0.3, 0.4) is 0 Å². The van der Waals surface area contributed by atoms with Gasteiger partial charge in [-0.05, 0) is 92.4 Å². The van der Waals surface area contributed by atoms with E-state index in [1.807, 2.05) is 32.0 Å². The van der Waals surface area contributed by atoms with Crippen LogP contribution in [0.25, 0.3) is 0 Å². The minimum absolute atomic E-state index is 0.102. The van der Waals surface area contributed by atoms with Crippen molar-refractivity contribution in [2.45, 2.75) is 32.8 Å². The maximum atomic E-state index is 12.9. The van der Waals surface area contributed by atoms with Crippen LogP contribution in [0.5, 0.6) is 17.2 Å². The molecule has 1 unspecified atom stereocenters. The third kappa shape index (κ3) is 5.49. The predicted molar refractivity (Wildman–Crippen MR) is 137 cm³/mol. The largest absolute Gasteiger partial charge is 0.484 e. The lowest BCUT2D eigenvalue weighted by molar-refractivity contribution is -0.118. The Morgan fingerprint density at radius 1 is 0.919 bits per heavy atom. The second-order valence-electron chi connectivity index (χ2n) is 9.27. The Morgan fingerprint density at radius 2 is 1.65 bits per heavy atom. The Balaban J connectivity index is 1.17. The van der Waals surface area contributed by atoms with Gasteiger partial charge in [0, 0.05) is 12.3 Å². The van der Waals surface area contributed by atoms with Crippen molar-refractivity contribution in [3.05, 3.63) is 82.9 Å². The van der Waals surface area contributed by atoms with Crippen LogP contribution in [0.2, 0.25) is 0 Å². The van der Waals surface area contributed by atoms with Crippen LogP contribution in [-0.2, 0) is 9.53 Å². The van der Waals surface area contributed by atoms with Gasteiger partial charge in [-0.3, -0.25) is 19.3 Å². The zero-order valence-corrected chi connectivity index (χ0v) is 20.8. The number of anilines is 1. The molecule has 5 rings (SSSR count). The first-order valence-corrected chi connectivity index (χ1v) is 12.3. The van der Waals surface area contributed by atoms with Gasteiger partial charge in [0.15, 0.2) is 6.61 Å². The lowest BCUT2D eigenvalue weighted by Gasteiger charge is -2.17. The zero-order valence-electron chi connectivity index (χ0n) is 20.8. The number of rotatable bonds is 8.